The van der Waals surface area contributed by atoms with Crippen LogP contribution in [0.4, 0.5) is 0 Å². The van der Waals surface area contributed by atoms with Crippen LogP contribution in [0.2, 0.25) is 0 Å². The molecule has 1 saturated carbocycles. The van der Waals surface area contributed by atoms with E-state index in [1.165, 1.54) is 12.8 Å². The number of nitriles is 1. The molecule has 1 heterocycles. The molecule has 108 valence electrons. The maximum Gasteiger partial charge on any atom is 0.0903 e. The molecule has 1 saturated heterocycles. The van der Waals surface area contributed by atoms with Crippen LogP contribution in [0.1, 0.15) is 58.8 Å². The van der Waals surface area contributed by atoms with Gasteiger partial charge in [0.15, 0.2) is 0 Å². The van der Waals surface area contributed by atoms with E-state index >= 15 is 0 Å². The van der Waals surface area contributed by atoms with Gasteiger partial charge in [0, 0.05) is 13.2 Å². The van der Waals surface area contributed by atoms with E-state index in [1.807, 2.05) is 0 Å². The second-order valence-electron chi connectivity index (χ2n) is 6.93. The first-order valence-corrected chi connectivity index (χ1v) is 7.73. The Balaban J connectivity index is 2.13. The third-order valence-corrected chi connectivity index (χ3v) is 5.08. The summed E-state index contributed by atoms with van der Waals surface area (Å²) in [5.41, 5.74) is -1.36. The molecule has 0 spiro atoms. The van der Waals surface area contributed by atoms with E-state index in [9.17, 15) is 10.4 Å². The highest BCUT2D eigenvalue weighted by Crippen LogP contribution is 2.50. The molecule has 2 rings (SSSR count). The van der Waals surface area contributed by atoms with Crippen LogP contribution >= 0.6 is 0 Å². The predicted octanol–water partition coefficient (Wildman–Crippen LogP) is 3.27. The van der Waals surface area contributed by atoms with E-state index in [0.717, 1.165) is 19.3 Å². The Labute approximate surface area is 117 Å². The van der Waals surface area contributed by atoms with Crippen LogP contribution in [0.25, 0.3) is 0 Å². The summed E-state index contributed by atoms with van der Waals surface area (Å²) in [5.74, 6) is 1.24. The number of rotatable bonds is 3. The molecule has 0 aromatic rings. The largest absolute Gasteiger partial charge is 0.388 e. The number of hydrogen-bond donors (Lipinski definition) is 1. The zero-order chi connectivity index (χ0) is 13.9. The van der Waals surface area contributed by atoms with Crippen molar-refractivity contribution in [2.24, 2.45) is 17.3 Å². The van der Waals surface area contributed by atoms with Crippen LogP contribution in [-0.2, 0) is 4.74 Å². The van der Waals surface area contributed by atoms with Gasteiger partial charge in [-0.1, -0.05) is 26.7 Å². The van der Waals surface area contributed by atoms with Crippen molar-refractivity contribution in [3.8, 4) is 6.07 Å². The molecule has 1 aliphatic heterocycles. The first kappa shape index (κ1) is 14.8. The summed E-state index contributed by atoms with van der Waals surface area (Å²) in [7, 11) is 0. The number of nitrogens with zero attached hydrogens (tertiary/aromatic N) is 1. The number of hydrogen-bond acceptors (Lipinski definition) is 3. The fraction of sp³-hybridized carbons (Fsp3) is 0.938. The molecule has 1 aliphatic carbocycles. The lowest BCUT2D eigenvalue weighted by molar-refractivity contribution is -0.133. The monoisotopic (exact) mass is 265 g/mol. The minimum atomic E-state index is -0.788. The van der Waals surface area contributed by atoms with Crippen molar-refractivity contribution in [3.05, 3.63) is 0 Å². The predicted molar refractivity (Wildman–Crippen MR) is 74.5 cm³/mol. The summed E-state index contributed by atoms with van der Waals surface area (Å²) in [4.78, 5) is 0. The van der Waals surface area contributed by atoms with E-state index in [4.69, 9.17) is 4.74 Å². The second kappa shape index (κ2) is 5.81. The van der Waals surface area contributed by atoms with Crippen LogP contribution in [0.15, 0.2) is 0 Å². The molecule has 0 amide bonds. The third kappa shape index (κ3) is 2.95. The van der Waals surface area contributed by atoms with Gasteiger partial charge in [0.25, 0.3) is 0 Å². The van der Waals surface area contributed by atoms with Crippen LogP contribution < -0.4 is 0 Å². The molecule has 0 aromatic carbocycles. The van der Waals surface area contributed by atoms with Gasteiger partial charge in [-0.15, -0.1) is 0 Å². The lowest BCUT2D eigenvalue weighted by Gasteiger charge is -2.49. The third-order valence-electron chi connectivity index (χ3n) is 5.08. The second-order valence-corrected chi connectivity index (χ2v) is 6.93. The Morgan fingerprint density at radius 3 is 2.58 bits per heavy atom. The van der Waals surface area contributed by atoms with E-state index in [0.29, 0.717) is 37.9 Å². The lowest BCUT2D eigenvalue weighted by atomic mass is 9.59. The summed E-state index contributed by atoms with van der Waals surface area (Å²) in [6.07, 6.45) is 6.40. The van der Waals surface area contributed by atoms with E-state index in [-0.39, 0.29) is 0 Å². The highest BCUT2D eigenvalue weighted by molar-refractivity contribution is 5.13. The fourth-order valence-electron chi connectivity index (χ4n) is 4.07. The Bertz CT molecular complexity index is 341. The standard InChI is InChI=1S/C16H27NO2/c1-13(2)10-14-4-3-5-16(18,11-14)15(12-17)6-8-19-9-7-15/h13-14,18H,3-11H2,1-2H3. The molecule has 2 fully saturated rings. The molecule has 3 heteroatoms. The molecular weight excluding hydrogens is 238 g/mol. The lowest BCUT2D eigenvalue weighted by Crippen LogP contribution is -2.53. The SMILES string of the molecule is CC(C)CC1CCCC(O)(C2(C#N)CCOCC2)C1. The Morgan fingerprint density at radius 2 is 2.00 bits per heavy atom. The maximum absolute atomic E-state index is 11.2. The molecule has 2 atom stereocenters. The summed E-state index contributed by atoms with van der Waals surface area (Å²) in [6, 6.07) is 2.47. The van der Waals surface area contributed by atoms with Gasteiger partial charge in [-0.3, -0.25) is 0 Å². The molecule has 0 aromatic heterocycles. The molecule has 3 nitrogen and oxygen atoms in total. The van der Waals surface area contributed by atoms with Crippen LogP contribution in [0, 0.1) is 28.6 Å². The molecule has 1 N–H and O–H groups in total. The highest BCUT2D eigenvalue weighted by atomic mass is 16.5. The van der Waals surface area contributed by atoms with Crippen LogP contribution in [-0.4, -0.2) is 23.9 Å². The van der Waals surface area contributed by atoms with Crippen LogP contribution in [0.5, 0.6) is 0 Å². The van der Waals surface area contributed by atoms with E-state index in [1.54, 1.807) is 0 Å². The number of aliphatic hydroxyl groups is 1. The Kier molecular flexibility index (Phi) is 4.53. The first-order valence-electron chi connectivity index (χ1n) is 7.73. The molecule has 0 bridgehead atoms. The normalized spacial score (nSPS) is 35.0. The van der Waals surface area contributed by atoms with Gasteiger partial charge in [0.1, 0.15) is 0 Å². The summed E-state index contributed by atoms with van der Waals surface area (Å²) in [6.45, 7) is 5.71. The Morgan fingerprint density at radius 1 is 1.32 bits per heavy atom. The molecule has 2 aliphatic rings. The van der Waals surface area contributed by atoms with Gasteiger partial charge in [0.05, 0.1) is 17.1 Å². The fourth-order valence-corrected chi connectivity index (χ4v) is 4.07. The quantitative estimate of drug-likeness (QED) is 0.852. The molecule has 2 unspecified atom stereocenters. The van der Waals surface area contributed by atoms with E-state index < -0.39 is 11.0 Å². The molecular formula is C16H27NO2. The molecule has 19 heavy (non-hydrogen) atoms. The van der Waals surface area contributed by atoms with Crippen molar-refractivity contribution < 1.29 is 9.84 Å². The van der Waals surface area contributed by atoms with Gasteiger partial charge >= 0.3 is 0 Å². The van der Waals surface area contributed by atoms with E-state index in [2.05, 4.69) is 19.9 Å². The minimum Gasteiger partial charge on any atom is -0.388 e. The van der Waals surface area contributed by atoms with Crippen molar-refractivity contribution in [2.45, 2.75) is 64.4 Å². The highest BCUT2D eigenvalue weighted by Gasteiger charge is 2.53. The zero-order valence-electron chi connectivity index (χ0n) is 12.3. The summed E-state index contributed by atoms with van der Waals surface area (Å²) >= 11 is 0. The van der Waals surface area contributed by atoms with Gasteiger partial charge in [-0.2, -0.15) is 5.26 Å². The van der Waals surface area contributed by atoms with Gasteiger partial charge in [-0.25, -0.2) is 0 Å². The minimum absolute atomic E-state index is 0.569. The summed E-state index contributed by atoms with van der Waals surface area (Å²) < 4.78 is 5.39. The number of ether oxygens (including phenoxy) is 1. The van der Waals surface area contributed by atoms with Gasteiger partial charge in [0.2, 0.25) is 0 Å². The van der Waals surface area contributed by atoms with Crippen LogP contribution in [0.3, 0.4) is 0 Å². The van der Waals surface area contributed by atoms with Gasteiger partial charge in [-0.05, 0) is 43.9 Å². The zero-order valence-corrected chi connectivity index (χ0v) is 12.3. The van der Waals surface area contributed by atoms with Gasteiger partial charge < -0.3 is 9.84 Å². The molecule has 0 radical (unpaired) electrons. The van der Waals surface area contributed by atoms with Crippen molar-refractivity contribution in [1.29, 1.82) is 5.26 Å². The van der Waals surface area contributed by atoms with Crippen molar-refractivity contribution in [2.75, 3.05) is 13.2 Å². The average molecular weight is 265 g/mol. The smallest absolute Gasteiger partial charge is 0.0903 e. The van der Waals surface area contributed by atoms with Crippen molar-refractivity contribution in [1.82, 2.24) is 0 Å². The average Bonchev–Trinajstić information content (AvgIpc) is 2.38. The maximum atomic E-state index is 11.2. The first-order chi connectivity index (χ1) is 9.01. The Hall–Kier alpha value is -0.590. The van der Waals surface area contributed by atoms with Crippen molar-refractivity contribution in [3.63, 3.8) is 0 Å². The van der Waals surface area contributed by atoms with Crippen molar-refractivity contribution >= 4 is 0 Å². The summed E-state index contributed by atoms with van der Waals surface area (Å²) in [5, 5.41) is 20.8. The topological polar surface area (TPSA) is 53.2 Å².